The van der Waals surface area contributed by atoms with Crippen LogP contribution in [0.1, 0.15) is 6.42 Å². The normalized spacial score (nSPS) is 27.2. The molecular formula is C8H12O5. The van der Waals surface area contributed by atoms with E-state index in [1.165, 1.54) is 7.11 Å². The fourth-order valence-corrected chi connectivity index (χ4v) is 1.37. The van der Waals surface area contributed by atoms with E-state index in [0.29, 0.717) is 6.61 Å². The highest BCUT2D eigenvalue weighted by molar-refractivity contribution is 5.74. The van der Waals surface area contributed by atoms with Crippen molar-refractivity contribution in [3.8, 4) is 0 Å². The van der Waals surface area contributed by atoms with Crippen LogP contribution in [-0.4, -0.2) is 37.4 Å². The molecule has 0 aromatic rings. The number of ether oxygens (including phenoxy) is 2. The van der Waals surface area contributed by atoms with Gasteiger partial charge in [-0.2, -0.15) is 0 Å². The van der Waals surface area contributed by atoms with Crippen molar-refractivity contribution in [2.45, 2.75) is 6.42 Å². The molecule has 1 saturated heterocycles. The molecule has 0 aliphatic carbocycles. The van der Waals surface area contributed by atoms with Crippen LogP contribution in [0.25, 0.3) is 0 Å². The largest absolute Gasteiger partial charge is 0.481 e. The van der Waals surface area contributed by atoms with Gasteiger partial charge >= 0.3 is 11.9 Å². The molecule has 0 amide bonds. The molecule has 1 N–H and O–H groups in total. The molecule has 0 unspecified atom stereocenters. The maximum atomic E-state index is 10.9. The number of hydrogen-bond acceptors (Lipinski definition) is 4. The first kappa shape index (κ1) is 9.98. The monoisotopic (exact) mass is 188 g/mol. The number of esters is 1. The van der Waals surface area contributed by atoms with E-state index >= 15 is 0 Å². The first-order valence-corrected chi connectivity index (χ1v) is 4.02. The maximum absolute atomic E-state index is 10.9. The second-order valence-corrected chi connectivity index (χ2v) is 3.02. The molecule has 0 aromatic heterocycles. The fraction of sp³-hybridized carbons (Fsp3) is 0.750. The summed E-state index contributed by atoms with van der Waals surface area (Å²) in [5.74, 6) is -2.11. The van der Waals surface area contributed by atoms with Crippen LogP contribution in [0.4, 0.5) is 0 Å². The zero-order valence-corrected chi connectivity index (χ0v) is 7.36. The van der Waals surface area contributed by atoms with Gasteiger partial charge in [-0.3, -0.25) is 9.59 Å². The molecule has 1 fully saturated rings. The summed E-state index contributed by atoms with van der Waals surface area (Å²) in [7, 11) is 1.29. The van der Waals surface area contributed by atoms with E-state index < -0.39 is 11.9 Å². The van der Waals surface area contributed by atoms with Gasteiger partial charge in [0.2, 0.25) is 0 Å². The van der Waals surface area contributed by atoms with Crippen molar-refractivity contribution in [1.29, 1.82) is 0 Å². The lowest BCUT2D eigenvalue weighted by atomic mass is 9.93. The van der Waals surface area contributed by atoms with Crippen LogP contribution in [0, 0.1) is 11.8 Å². The Labute approximate surface area is 75.6 Å². The maximum Gasteiger partial charge on any atom is 0.309 e. The van der Waals surface area contributed by atoms with Crippen molar-refractivity contribution in [2.75, 3.05) is 20.3 Å². The summed E-state index contributed by atoms with van der Waals surface area (Å²) in [6, 6.07) is 0. The zero-order valence-electron chi connectivity index (χ0n) is 7.36. The van der Waals surface area contributed by atoms with E-state index in [4.69, 9.17) is 9.84 Å². The van der Waals surface area contributed by atoms with Crippen molar-refractivity contribution in [3.63, 3.8) is 0 Å². The molecule has 0 radical (unpaired) electrons. The van der Waals surface area contributed by atoms with Gasteiger partial charge in [-0.1, -0.05) is 0 Å². The molecule has 5 heteroatoms. The third-order valence-corrected chi connectivity index (χ3v) is 2.17. The van der Waals surface area contributed by atoms with Crippen molar-refractivity contribution in [1.82, 2.24) is 0 Å². The van der Waals surface area contributed by atoms with Crippen LogP contribution in [0.5, 0.6) is 0 Å². The average molecular weight is 188 g/mol. The highest BCUT2D eigenvalue weighted by Crippen LogP contribution is 2.24. The van der Waals surface area contributed by atoms with E-state index in [1.807, 2.05) is 0 Å². The van der Waals surface area contributed by atoms with Crippen LogP contribution >= 0.6 is 0 Å². The SMILES string of the molecule is COC(=O)C[C@H]1COC[C@H]1C(=O)O. The number of carbonyl (C=O) groups is 2. The summed E-state index contributed by atoms with van der Waals surface area (Å²) >= 11 is 0. The van der Waals surface area contributed by atoms with Crippen molar-refractivity contribution >= 4 is 11.9 Å². The second-order valence-electron chi connectivity index (χ2n) is 3.02. The Morgan fingerprint density at radius 2 is 2.23 bits per heavy atom. The second kappa shape index (κ2) is 4.23. The van der Waals surface area contributed by atoms with Crippen molar-refractivity contribution in [3.05, 3.63) is 0 Å². The molecule has 1 heterocycles. The van der Waals surface area contributed by atoms with Crippen LogP contribution in [0.2, 0.25) is 0 Å². The Balaban J connectivity index is 2.48. The van der Waals surface area contributed by atoms with E-state index in [2.05, 4.69) is 4.74 Å². The van der Waals surface area contributed by atoms with Crippen molar-refractivity contribution < 1.29 is 24.2 Å². The Hall–Kier alpha value is -1.10. The predicted molar refractivity (Wildman–Crippen MR) is 42.1 cm³/mol. The van der Waals surface area contributed by atoms with Gasteiger partial charge in [0.05, 0.1) is 32.7 Å². The molecule has 74 valence electrons. The summed E-state index contributed by atoms with van der Waals surface area (Å²) in [5.41, 5.74) is 0. The summed E-state index contributed by atoms with van der Waals surface area (Å²) in [4.78, 5) is 21.5. The van der Waals surface area contributed by atoms with Gasteiger partial charge in [-0.05, 0) is 0 Å². The molecule has 2 atom stereocenters. The Bertz CT molecular complexity index is 213. The molecule has 0 saturated carbocycles. The fourth-order valence-electron chi connectivity index (χ4n) is 1.37. The van der Waals surface area contributed by atoms with Gasteiger partial charge in [0.15, 0.2) is 0 Å². The number of carboxylic acids is 1. The van der Waals surface area contributed by atoms with E-state index in [1.54, 1.807) is 0 Å². The van der Waals surface area contributed by atoms with Crippen LogP contribution in [0.15, 0.2) is 0 Å². The lowest BCUT2D eigenvalue weighted by Crippen LogP contribution is -2.24. The minimum atomic E-state index is -0.911. The molecule has 13 heavy (non-hydrogen) atoms. The number of carboxylic acid groups (broad SMARTS) is 1. The predicted octanol–water partition coefficient (Wildman–Crippen LogP) is -0.103. The first-order chi connectivity index (χ1) is 6.15. The van der Waals surface area contributed by atoms with E-state index in [9.17, 15) is 9.59 Å². The topological polar surface area (TPSA) is 72.8 Å². The number of methoxy groups -OCH3 is 1. The molecule has 0 aromatic carbocycles. The van der Waals surface area contributed by atoms with Crippen LogP contribution in [-0.2, 0) is 19.1 Å². The summed E-state index contributed by atoms with van der Waals surface area (Å²) < 4.78 is 9.44. The zero-order chi connectivity index (χ0) is 9.84. The molecule has 1 aliphatic heterocycles. The van der Waals surface area contributed by atoms with Crippen molar-refractivity contribution in [2.24, 2.45) is 11.8 Å². The average Bonchev–Trinajstić information content (AvgIpc) is 2.52. The van der Waals surface area contributed by atoms with Gasteiger partial charge in [0.25, 0.3) is 0 Å². The lowest BCUT2D eigenvalue weighted by molar-refractivity contribution is -0.145. The number of aliphatic carboxylic acids is 1. The molecule has 5 nitrogen and oxygen atoms in total. The Morgan fingerprint density at radius 1 is 1.54 bits per heavy atom. The number of hydrogen-bond donors (Lipinski definition) is 1. The van der Waals surface area contributed by atoms with Crippen LogP contribution < -0.4 is 0 Å². The molecular weight excluding hydrogens is 176 g/mol. The highest BCUT2D eigenvalue weighted by Gasteiger charge is 2.35. The van der Waals surface area contributed by atoms with E-state index in [-0.39, 0.29) is 24.9 Å². The highest BCUT2D eigenvalue weighted by atomic mass is 16.5. The summed E-state index contributed by atoms with van der Waals surface area (Å²) in [5, 5.41) is 8.74. The van der Waals surface area contributed by atoms with Crippen LogP contribution in [0.3, 0.4) is 0 Å². The summed E-state index contributed by atoms with van der Waals surface area (Å²) in [6.45, 7) is 0.517. The van der Waals surface area contributed by atoms with E-state index in [0.717, 1.165) is 0 Å². The van der Waals surface area contributed by atoms with Gasteiger partial charge in [0.1, 0.15) is 0 Å². The number of carbonyl (C=O) groups excluding carboxylic acids is 1. The number of rotatable bonds is 3. The third kappa shape index (κ3) is 2.42. The molecule has 1 rings (SSSR count). The lowest BCUT2D eigenvalue weighted by Gasteiger charge is -2.11. The smallest absolute Gasteiger partial charge is 0.309 e. The van der Waals surface area contributed by atoms with Gasteiger partial charge in [-0.25, -0.2) is 0 Å². The minimum Gasteiger partial charge on any atom is -0.481 e. The third-order valence-electron chi connectivity index (χ3n) is 2.17. The quantitative estimate of drug-likeness (QED) is 0.626. The van der Waals surface area contributed by atoms with Gasteiger partial charge in [-0.15, -0.1) is 0 Å². The van der Waals surface area contributed by atoms with Gasteiger partial charge in [0, 0.05) is 5.92 Å². The summed E-state index contributed by atoms with van der Waals surface area (Å²) in [6.07, 6.45) is 0.119. The Morgan fingerprint density at radius 3 is 2.77 bits per heavy atom. The molecule has 1 aliphatic rings. The Kier molecular flexibility index (Phi) is 3.25. The first-order valence-electron chi connectivity index (χ1n) is 4.02. The molecule has 0 bridgehead atoms. The minimum absolute atomic E-state index is 0.119. The van der Waals surface area contributed by atoms with Gasteiger partial charge < -0.3 is 14.6 Å². The standard InChI is InChI=1S/C8H12O5/c1-12-7(9)2-5-3-13-4-6(5)8(10)11/h5-6H,2-4H2,1H3,(H,10,11)/t5-,6+/m0/s1. The molecule has 0 spiro atoms.